The Balaban J connectivity index is 1.15. The maximum absolute atomic E-state index is 6.23. The van der Waals surface area contributed by atoms with Crippen molar-refractivity contribution in [2.24, 2.45) is 0 Å². The molecule has 242 valence electrons. The summed E-state index contributed by atoms with van der Waals surface area (Å²) >= 11 is 0. The minimum absolute atomic E-state index is 0.899. The molecule has 0 saturated carbocycles. The molecule has 4 heteroatoms. The fraction of sp³-hybridized carbons (Fsp3) is 0. The van der Waals surface area contributed by atoms with Gasteiger partial charge in [0.1, 0.15) is 11.2 Å². The molecule has 0 radical (unpaired) electrons. The molecule has 4 nitrogen and oxygen atoms in total. The number of furan rings is 1. The second-order valence-electron chi connectivity index (χ2n) is 13.8. The predicted molar refractivity (Wildman–Crippen MR) is 217 cm³/mol. The average Bonchev–Trinajstić information content (AvgIpc) is 3.93. The molecule has 0 N–H and O–H groups in total. The number of fused-ring (bicyclic) bond motifs is 12. The van der Waals surface area contributed by atoms with Gasteiger partial charge in [0.15, 0.2) is 0 Å². The van der Waals surface area contributed by atoms with Gasteiger partial charge < -0.3 is 18.1 Å². The van der Waals surface area contributed by atoms with Crippen LogP contribution in [0.3, 0.4) is 0 Å². The minimum Gasteiger partial charge on any atom is -0.456 e. The smallest absolute Gasteiger partial charge is 0.135 e. The Kier molecular flexibility index (Phi) is 5.47. The zero-order valence-corrected chi connectivity index (χ0v) is 28.0. The summed E-state index contributed by atoms with van der Waals surface area (Å²) in [5, 5.41) is 9.73. The van der Waals surface area contributed by atoms with Gasteiger partial charge in [0.25, 0.3) is 0 Å². The number of benzene rings is 8. The Bertz CT molecular complexity index is 3370. The van der Waals surface area contributed by atoms with E-state index in [-0.39, 0.29) is 0 Å². The first-order chi connectivity index (χ1) is 25.8. The first-order valence-electron chi connectivity index (χ1n) is 17.8. The summed E-state index contributed by atoms with van der Waals surface area (Å²) in [5.74, 6) is 0. The van der Waals surface area contributed by atoms with E-state index in [1.165, 1.54) is 65.4 Å². The van der Waals surface area contributed by atoms with Crippen LogP contribution in [0.2, 0.25) is 0 Å². The fourth-order valence-electron chi connectivity index (χ4n) is 8.81. The molecule has 0 unspecified atom stereocenters. The zero-order chi connectivity index (χ0) is 33.9. The number of rotatable bonds is 3. The highest BCUT2D eigenvalue weighted by Gasteiger charge is 2.20. The summed E-state index contributed by atoms with van der Waals surface area (Å²) in [7, 11) is 0. The van der Waals surface area contributed by atoms with Crippen molar-refractivity contribution >= 4 is 87.4 Å². The van der Waals surface area contributed by atoms with Crippen molar-refractivity contribution in [3.63, 3.8) is 0 Å². The standard InChI is InChI=1S/C48H29N3O/c1-6-19-41-33(14-1)34-15-2-7-20-42(34)49(41)30-12-11-13-31(26-30)50-43-21-8-3-16-35(43)38-28-39-36-17-4-9-22-44(36)51(46(39)29-45(38)50)32-24-25-48-40(27-32)37-18-5-10-23-47(37)52-48/h1-29H. The number of aromatic nitrogens is 3. The molecule has 0 aliphatic rings. The van der Waals surface area contributed by atoms with Crippen molar-refractivity contribution in [1.29, 1.82) is 0 Å². The van der Waals surface area contributed by atoms with Crippen molar-refractivity contribution in [2.75, 3.05) is 0 Å². The SMILES string of the molecule is c1cc(-n2c3ccccc3c3ccccc32)cc(-n2c3ccccc3c3cc4c5ccccc5n(-c5ccc6oc7ccccc7c6c5)c4cc32)c1. The van der Waals surface area contributed by atoms with E-state index in [1.807, 2.05) is 12.1 Å². The molecule has 0 fully saturated rings. The first kappa shape index (κ1) is 27.7. The van der Waals surface area contributed by atoms with Gasteiger partial charge in [-0.1, -0.05) is 97.1 Å². The van der Waals surface area contributed by atoms with E-state index in [0.717, 1.165) is 39.0 Å². The zero-order valence-electron chi connectivity index (χ0n) is 28.0. The molecular formula is C48H29N3O. The van der Waals surface area contributed by atoms with Gasteiger partial charge in [-0.2, -0.15) is 0 Å². The van der Waals surface area contributed by atoms with Crippen molar-refractivity contribution < 1.29 is 4.42 Å². The summed E-state index contributed by atoms with van der Waals surface area (Å²) in [5.41, 5.74) is 12.3. The van der Waals surface area contributed by atoms with Gasteiger partial charge in [-0.3, -0.25) is 0 Å². The summed E-state index contributed by atoms with van der Waals surface area (Å²) < 4.78 is 13.5. The lowest BCUT2D eigenvalue weighted by molar-refractivity contribution is 0.669. The highest BCUT2D eigenvalue weighted by atomic mass is 16.3. The molecule has 52 heavy (non-hydrogen) atoms. The molecular weight excluding hydrogens is 635 g/mol. The molecule has 4 aromatic heterocycles. The van der Waals surface area contributed by atoms with E-state index in [1.54, 1.807) is 0 Å². The third-order valence-electron chi connectivity index (χ3n) is 11.0. The van der Waals surface area contributed by atoms with Gasteiger partial charge in [-0.25, -0.2) is 0 Å². The summed E-state index contributed by atoms with van der Waals surface area (Å²) in [6.45, 7) is 0. The first-order valence-corrected chi connectivity index (χ1v) is 17.8. The van der Waals surface area contributed by atoms with Crippen LogP contribution in [0, 0.1) is 0 Å². The van der Waals surface area contributed by atoms with Crippen LogP contribution in [0.25, 0.3) is 104 Å². The van der Waals surface area contributed by atoms with Gasteiger partial charge in [-0.05, 0) is 78.9 Å². The largest absolute Gasteiger partial charge is 0.456 e. The van der Waals surface area contributed by atoms with Gasteiger partial charge in [0.2, 0.25) is 0 Å². The van der Waals surface area contributed by atoms with Gasteiger partial charge in [0, 0.05) is 60.2 Å². The number of hydrogen-bond donors (Lipinski definition) is 0. The molecule has 0 aliphatic carbocycles. The summed E-state index contributed by atoms with van der Waals surface area (Å²) in [6, 6.07) is 63.7. The minimum atomic E-state index is 0.899. The lowest BCUT2D eigenvalue weighted by Crippen LogP contribution is -1.99. The molecule has 0 amide bonds. The van der Waals surface area contributed by atoms with E-state index in [2.05, 4.69) is 177 Å². The van der Waals surface area contributed by atoms with Gasteiger partial charge in [0.05, 0.1) is 33.1 Å². The van der Waals surface area contributed by atoms with E-state index < -0.39 is 0 Å². The van der Waals surface area contributed by atoms with Crippen molar-refractivity contribution in [1.82, 2.24) is 13.7 Å². The van der Waals surface area contributed by atoms with Crippen molar-refractivity contribution in [3.8, 4) is 17.1 Å². The molecule has 12 aromatic rings. The van der Waals surface area contributed by atoms with Crippen LogP contribution in [0.4, 0.5) is 0 Å². The molecule has 0 aliphatic heterocycles. The number of nitrogens with zero attached hydrogens (tertiary/aromatic N) is 3. The molecule has 0 saturated heterocycles. The average molecular weight is 664 g/mol. The molecule has 0 bridgehead atoms. The Morgan fingerprint density at radius 1 is 0.250 bits per heavy atom. The van der Waals surface area contributed by atoms with E-state index in [4.69, 9.17) is 4.42 Å². The monoisotopic (exact) mass is 663 g/mol. The van der Waals surface area contributed by atoms with Gasteiger partial charge in [-0.15, -0.1) is 0 Å². The topological polar surface area (TPSA) is 27.9 Å². The van der Waals surface area contributed by atoms with Crippen LogP contribution in [0.5, 0.6) is 0 Å². The van der Waals surface area contributed by atoms with Crippen LogP contribution in [-0.2, 0) is 0 Å². The van der Waals surface area contributed by atoms with Crippen LogP contribution >= 0.6 is 0 Å². The van der Waals surface area contributed by atoms with Crippen molar-refractivity contribution in [3.05, 3.63) is 176 Å². The predicted octanol–water partition coefficient (Wildman–Crippen LogP) is 12.9. The molecule has 0 atom stereocenters. The fourth-order valence-corrected chi connectivity index (χ4v) is 8.81. The summed E-state index contributed by atoms with van der Waals surface area (Å²) in [4.78, 5) is 0. The van der Waals surface area contributed by atoms with E-state index >= 15 is 0 Å². The third kappa shape index (κ3) is 3.70. The number of hydrogen-bond acceptors (Lipinski definition) is 1. The summed E-state index contributed by atoms with van der Waals surface area (Å²) in [6.07, 6.45) is 0. The Morgan fingerprint density at radius 3 is 1.23 bits per heavy atom. The Hall–Kier alpha value is -7.04. The highest BCUT2D eigenvalue weighted by Crippen LogP contribution is 2.41. The van der Waals surface area contributed by atoms with E-state index in [9.17, 15) is 0 Å². The van der Waals surface area contributed by atoms with Crippen molar-refractivity contribution in [2.45, 2.75) is 0 Å². The Labute approximate surface area is 297 Å². The molecule has 12 rings (SSSR count). The van der Waals surface area contributed by atoms with Crippen LogP contribution in [-0.4, -0.2) is 13.7 Å². The molecule has 0 spiro atoms. The van der Waals surface area contributed by atoms with Crippen LogP contribution in [0.15, 0.2) is 180 Å². The lowest BCUT2D eigenvalue weighted by Gasteiger charge is -2.13. The molecule has 4 heterocycles. The second kappa shape index (κ2) is 10.3. The quantitative estimate of drug-likeness (QED) is 0.185. The highest BCUT2D eigenvalue weighted by molar-refractivity contribution is 6.19. The third-order valence-corrected chi connectivity index (χ3v) is 11.0. The van der Waals surface area contributed by atoms with Gasteiger partial charge >= 0.3 is 0 Å². The molecule has 8 aromatic carbocycles. The van der Waals surface area contributed by atoms with Crippen LogP contribution < -0.4 is 0 Å². The van der Waals surface area contributed by atoms with E-state index in [0.29, 0.717) is 0 Å². The maximum atomic E-state index is 6.23. The Morgan fingerprint density at radius 2 is 0.673 bits per heavy atom. The lowest BCUT2D eigenvalue weighted by atomic mass is 10.1. The normalized spacial score (nSPS) is 12.2. The second-order valence-corrected chi connectivity index (χ2v) is 13.8. The number of para-hydroxylation sites is 5. The van der Waals surface area contributed by atoms with Crippen LogP contribution in [0.1, 0.15) is 0 Å². The maximum Gasteiger partial charge on any atom is 0.135 e.